The summed E-state index contributed by atoms with van der Waals surface area (Å²) in [4.78, 5) is 19.0. The number of aromatic nitrogens is 2. The Bertz CT molecular complexity index is 631. The van der Waals surface area contributed by atoms with Crippen LogP contribution in [0.3, 0.4) is 0 Å². The Labute approximate surface area is 148 Å². The molecule has 1 saturated carbocycles. The standard InChI is InChI=1S/C17H27N3O5/c1-4-6-13-9-12(7-5-8-21)15(22)16(13)25-17-14(20(23)24)10(2)18-11(3)19-17/h12-13,15-16,21-22H,4-9H2,1-3H3/t12-,13-,15-,16+/m0/s1/i21T. The summed E-state index contributed by atoms with van der Waals surface area (Å²) in [5.41, 5.74) is 0.00489. The monoisotopic (exact) mass is 355 g/mol. The summed E-state index contributed by atoms with van der Waals surface area (Å²) >= 11 is 0. The third-order valence-corrected chi connectivity index (χ3v) is 4.84. The molecule has 1 aromatic rings. The minimum absolute atomic E-state index is 0.0230. The van der Waals surface area contributed by atoms with Gasteiger partial charge in [-0.1, -0.05) is 13.3 Å². The van der Waals surface area contributed by atoms with Gasteiger partial charge in [-0.25, -0.2) is 4.98 Å². The number of aliphatic hydroxyl groups excluding tert-OH is 2. The number of nitrogens with zero attached hydrogens (tertiary/aromatic N) is 3. The summed E-state index contributed by atoms with van der Waals surface area (Å²) in [6.07, 6.45) is 2.73. The van der Waals surface area contributed by atoms with Gasteiger partial charge in [0.25, 0.3) is 5.88 Å². The van der Waals surface area contributed by atoms with Crippen LogP contribution in [-0.4, -0.2) is 45.4 Å². The van der Waals surface area contributed by atoms with E-state index >= 15 is 0 Å². The van der Waals surface area contributed by atoms with Gasteiger partial charge in [-0.15, -0.1) is 0 Å². The molecule has 25 heavy (non-hydrogen) atoms. The maximum absolute atomic E-state index is 11.4. The van der Waals surface area contributed by atoms with E-state index in [1.165, 1.54) is 0 Å². The lowest BCUT2D eigenvalue weighted by Crippen LogP contribution is -2.34. The maximum Gasteiger partial charge on any atom is 0.351 e. The van der Waals surface area contributed by atoms with Gasteiger partial charge in [-0.05, 0) is 51.4 Å². The highest BCUT2D eigenvalue weighted by Crippen LogP contribution is 2.40. The normalized spacial score (nSPS) is 26.5. The minimum atomic E-state index is -0.729. The number of ether oxygens (including phenoxy) is 1. The van der Waals surface area contributed by atoms with Gasteiger partial charge in [-0.3, -0.25) is 10.1 Å². The molecule has 0 unspecified atom stereocenters. The Kier molecular flexibility index (Phi) is 6.14. The van der Waals surface area contributed by atoms with Crippen molar-refractivity contribution in [3.8, 4) is 5.88 Å². The Hall–Kier alpha value is -1.80. The van der Waals surface area contributed by atoms with Crippen molar-refractivity contribution in [2.24, 2.45) is 11.8 Å². The van der Waals surface area contributed by atoms with Crippen molar-refractivity contribution in [1.29, 1.82) is 1.43 Å². The van der Waals surface area contributed by atoms with Crippen LogP contribution in [0.5, 0.6) is 5.88 Å². The first-order valence-electron chi connectivity index (χ1n) is 9.22. The second kappa shape index (κ2) is 8.53. The number of aliphatic hydroxyl groups is 2. The molecule has 2 rings (SSSR count). The first-order chi connectivity index (χ1) is 12.4. The van der Waals surface area contributed by atoms with E-state index in [4.69, 9.17) is 6.17 Å². The van der Waals surface area contributed by atoms with E-state index in [0.717, 1.165) is 25.7 Å². The summed E-state index contributed by atoms with van der Waals surface area (Å²) in [5, 5.41) is 26.5. The lowest BCUT2D eigenvalue weighted by molar-refractivity contribution is -0.387. The predicted octanol–water partition coefficient (Wildman–Crippen LogP) is 2.32. The van der Waals surface area contributed by atoms with Crippen molar-refractivity contribution in [3.63, 3.8) is 0 Å². The number of rotatable bonds is 9. The first-order valence-corrected chi connectivity index (χ1v) is 8.81. The molecule has 1 aromatic heterocycles. The zero-order chi connectivity index (χ0) is 19.3. The van der Waals surface area contributed by atoms with Crippen LogP contribution in [0.2, 0.25) is 0 Å². The third-order valence-electron chi connectivity index (χ3n) is 4.84. The van der Waals surface area contributed by atoms with Crippen LogP contribution in [0.25, 0.3) is 0 Å². The Morgan fingerprint density at radius 3 is 2.76 bits per heavy atom. The molecule has 1 aliphatic carbocycles. The van der Waals surface area contributed by atoms with Gasteiger partial charge in [0.1, 0.15) is 17.6 Å². The predicted molar refractivity (Wildman–Crippen MR) is 91.4 cm³/mol. The summed E-state index contributed by atoms with van der Waals surface area (Å²) in [7, 11) is 0. The fourth-order valence-corrected chi connectivity index (χ4v) is 3.76. The molecule has 140 valence electrons. The van der Waals surface area contributed by atoms with Gasteiger partial charge in [0.2, 0.25) is 1.43 Å². The van der Waals surface area contributed by atoms with Crippen molar-refractivity contribution in [3.05, 3.63) is 21.6 Å². The molecule has 0 bridgehead atoms. The van der Waals surface area contributed by atoms with E-state index < -0.39 is 17.1 Å². The summed E-state index contributed by atoms with van der Waals surface area (Å²) < 4.78 is 12.7. The molecule has 8 nitrogen and oxygen atoms in total. The van der Waals surface area contributed by atoms with E-state index in [1.807, 2.05) is 0 Å². The van der Waals surface area contributed by atoms with Crippen LogP contribution in [-0.2, 0) is 0 Å². The Morgan fingerprint density at radius 1 is 1.36 bits per heavy atom. The highest BCUT2D eigenvalue weighted by molar-refractivity contribution is 5.45. The molecule has 0 aromatic carbocycles. The fraction of sp³-hybridized carbons (Fsp3) is 0.765. The molecule has 0 amide bonds. The molecule has 0 aliphatic heterocycles. The molecular weight excluding hydrogens is 326 g/mol. The van der Waals surface area contributed by atoms with Gasteiger partial charge >= 0.3 is 5.69 Å². The second-order valence-electron chi connectivity index (χ2n) is 6.73. The van der Waals surface area contributed by atoms with Crippen molar-refractivity contribution >= 4 is 5.69 Å². The van der Waals surface area contributed by atoms with E-state index in [2.05, 4.69) is 22.0 Å². The first kappa shape index (κ1) is 18.0. The molecule has 1 aliphatic rings. The van der Waals surface area contributed by atoms with Crippen molar-refractivity contribution < 1.29 is 19.9 Å². The summed E-state index contributed by atoms with van der Waals surface area (Å²) in [6, 6.07) is 0. The molecule has 1 fully saturated rings. The average molecular weight is 355 g/mol. The molecule has 2 N–H and O–H groups in total. The van der Waals surface area contributed by atoms with E-state index in [1.54, 1.807) is 13.8 Å². The SMILES string of the molecule is [3H]OCCC[C@H]1C[C@H](CCC)[C@@H](Oc2nc(C)nc(C)c2[N+](=O)[O-])[C@H]1O. The smallest absolute Gasteiger partial charge is 0.351 e. The quantitative estimate of drug-likeness (QED) is 0.396. The van der Waals surface area contributed by atoms with Crippen LogP contribution in [0, 0.1) is 35.8 Å². The Morgan fingerprint density at radius 2 is 2.12 bits per heavy atom. The lowest BCUT2D eigenvalue weighted by atomic mass is 9.97. The third kappa shape index (κ3) is 4.43. The van der Waals surface area contributed by atoms with Crippen LogP contribution in [0.1, 0.15) is 50.5 Å². The molecule has 4 atom stereocenters. The van der Waals surface area contributed by atoms with Crippen molar-refractivity contribution in [2.45, 2.75) is 65.1 Å². The minimum Gasteiger partial charge on any atom is -0.466 e. The fourth-order valence-electron chi connectivity index (χ4n) is 3.76. The van der Waals surface area contributed by atoms with Crippen LogP contribution >= 0.6 is 0 Å². The van der Waals surface area contributed by atoms with Gasteiger partial charge < -0.3 is 15.0 Å². The average Bonchev–Trinajstić information content (AvgIpc) is 2.83. The number of nitro groups is 1. The second-order valence-corrected chi connectivity index (χ2v) is 6.73. The molecule has 0 radical (unpaired) electrons. The van der Waals surface area contributed by atoms with Crippen LogP contribution in [0.15, 0.2) is 0 Å². The molecule has 0 saturated heterocycles. The largest absolute Gasteiger partial charge is 0.466 e. The number of aryl methyl sites for hydroxylation is 2. The highest BCUT2D eigenvalue weighted by Gasteiger charge is 2.44. The molecular formula is C17H27N3O5. The van der Waals surface area contributed by atoms with Crippen molar-refractivity contribution in [1.82, 2.24) is 9.97 Å². The number of hydrogen-bond donors (Lipinski definition) is 2. The van der Waals surface area contributed by atoms with E-state index in [0.29, 0.717) is 18.9 Å². The summed E-state index contributed by atoms with van der Waals surface area (Å²) in [6.45, 7) is 5.59. The zero-order valence-corrected chi connectivity index (χ0v) is 15.0. The lowest BCUT2D eigenvalue weighted by Gasteiger charge is -2.23. The van der Waals surface area contributed by atoms with Crippen molar-refractivity contribution in [2.75, 3.05) is 6.61 Å². The highest BCUT2D eigenvalue weighted by atomic mass is 16.6. The van der Waals surface area contributed by atoms with E-state index in [9.17, 15) is 15.2 Å². The van der Waals surface area contributed by atoms with Crippen LogP contribution in [0.4, 0.5) is 5.69 Å². The molecule has 8 heteroatoms. The van der Waals surface area contributed by atoms with E-state index in [-0.39, 0.29) is 29.1 Å². The van der Waals surface area contributed by atoms with Gasteiger partial charge in [0.05, 0.1) is 11.0 Å². The molecule has 0 spiro atoms. The Balaban J connectivity index is 2.24. The van der Waals surface area contributed by atoms with Crippen LogP contribution < -0.4 is 4.74 Å². The number of hydrogen-bond acceptors (Lipinski definition) is 7. The molecule has 1 heterocycles. The maximum atomic E-state index is 11.4. The van der Waals surface area contributed by atoms with Gasteiger partial charge in [0, 0.05) is 6.61 Å². The van der Waals surface area contributed by atoms with Gasteiger partial charge in [-0.2, -0.15) is 4.98 Å². The van der Waals surface area contributed by atoms with Gasteiger partial charge in [0.15, 0.2) is 0 Å². The summed E-state index contributed by atoms with van der Waals surface area (Å²) in [5.74, 6) is 0.453. The topological polar surface area (TPSA) is 119 Å². The zero-order valence-electron chi connectivity index (χ0n) is 16.0.